The third kappa shape index (κ3) is 32.9. The van der Waals surface area contributed by atoms with Crippen molar-refractivity contribution in [3.05, 3.63) is 48.6 Å². The minimum Gasteiger partial charge on any atom is -0.462 e. The molecule has 0 amide bonds. The first-order valence-corrected chi connectivity index (χ1v) is 25.3. The van der Waals surface area contributed by atoms with Crippen LogP contribution in [0.3, 0.4) is 0 Å². The molecule has 6 unspecified atom stereocenters. The number of carbonyl (C=O) groups is 2. The van der Waals surface area contributed by atoms with Crippen LogP contribution in [-0.4, -0.2) is 96.0 Å². The Bertz CT molecular complexity index is 1310. The van der Waals surface area contributed by atoms with Gasteiger partial charge in [-0.2, -0.15) is 8.42 Å². The molecule has 0 aliphatic carbocycles. The van der Waals surface area contributed by atoms with Crippen LogP contribution in [0.1, 0.15) is 187 Å². The topological polar surface area (TPSA) is 186 Å². The molecule has 0 saturated carbocycles. The molecular weight excluding hydrogens is 801 g/mol. The van der Waals surface area contributed by atoms with Gasteiger partial charge in [-0.05, 0) is 38.5 Å². The molecule has 6 atom stereocenters. The molecule has 1 rings (SSSR count). The highest BCUT2D eigenvalue weighted by atomic mass is 32.2. The van der Waals surface area contributed by atoms with Gasteiger partial charge in [-0.1, -0.05) is 184 Å². The molecule has 354 valence electrons. The van der Waals surface area contributed by atoms with Crippen molar-refractivity contribution in [1.29, 1.82) is 0 Å². The SMILES string of the molecule is CC/C=C\C/C=C\C/C=C\C/C=C\CCC(=O)OC(COC(=O)CCCCCCCCCCCCCCCCCCCCCC)COC1OC(CS(=O)(=O)O)C(O)C(O)C1O. The lowest BCUT2D eigenvalue weighted by atomic mass is 10.00. The number of esters is 2. The summed E-state index contributed by atoms with van der Waals surface area (Å²) in [6.45, 7) is 3.59. The zero-order valence-corrected chi connectivity index (χ0v) is 38.6. The Morgan fingerprint density at radius 1 is 0.574 bits per heavy atom. The van der Waals surface area contributed by atoms with Gasteiger partial charge in [0.1, 0.15) is 36.8 Å². The molecule has 1 aliphatic rings. The van der Waals surface area contributed by atoms with Gasteiger partial charge >= 0.3 is 11.9 Å². The Balaban J connectivity index is 2.41. The third-order valence-corrected chi connectivity index (χ3v) is 11.4. The molecule has 61 heavy (non-hydrogen) atoms. The van der Waals surface area contributed by atoms with E-state index < -0.39 is 71.2 Å². The zero-order chi connectivity index (χ0) is 44.8. The molecule has 1 saturated heterocycles. The zero-order valence-electron chi connectivity index (χ0n) is 37.8. The minimum atomic E-state index is -4.61. The lowest BCUT2D eigenvalue weighted by molar-refractivity contribution is -0.297. The van der Waals surface area contributed by atoms with Gasteiger partial charge in [0.05, 0.1) is 6.61 Å². The van der Waals surface area contributed by atoms with Crippen LogP contribution < -0.4 is 0 Å². The Hall–Kier alpha value is -2.39. The highest BCUT2D eigenvalue weighted by molar-refractivity contribution is 7.85. The number of unbranched alkanes of at least 4 members (excludes halogenated alkanes) is 19. The predicted molar refractivity (Wildman–Crippen MR) is 242 cm³/mol. The van der Waals surface area contributed by atoms with Crippen molar-refractivity contribution >= 4 is 22.1 Å². The highest BCUT2D eigenvalue weighted by Gasteiger charge is 2.46. The summed E-state index contributed by atoms with van der Waals surface area (Å²) in [5.74, 6) is -2.08. The summed E-state index contributed by atoms with van der Waals surface area (Å²) in [5, 5.41) is 30.9. The van der Waals surface area contributed by atoms with Crippen LogP contribution in [0.25, 0.3) is 0 Å². The largest absolute Gasteiger partial charge is 0.462 e. The lowest BCUT2D eigenvalue weighted by Gasteiger charge is -2.40. The number of aliphatic hydroxyl groups excluding tert-OH is 3. The van der Waals surface area contributed by atoms with Crippen LogP contribution in [0, 0.1) is 0 Å². The van der Waals surface area contributed by atoms with E-state index in [1.165, 1.54) is 103 Å². The number of ether oxygens (including phenoxy) is 4. The van der Waals surface area contributed by atoms with Crippen LogP contribution in [0.5, 0.6) is 0 Å². The summed E-state index contributed by atoms with van der Waals surface area (Å²) in [5.41, 5.74) is 0. The normalized spacial score (nSPS) is 20.4. The molecule has 0 bridgehead atoms. The summed E-state index contributed by atoms with van der Waals surface area (Å²) < 4.78 is 54.0. The molecule has 0 aromatic carbocycles. The van der Waals surface area contributed by atoms with Gasteiger partial charge in [-0.3, -0.25) is 14.1 Å². The molecule has 1 heterocycles. The summed E-state index contributed by atoms with van der Waals surface area (Å²) in [6, 6.07) is 0. The van der Waals surface area contributed by atoms with Crippen LogP contribution in [0.4, 0.5) is 0 Å². The maximum absolute atomic E-state index is 12.8. The Morgan fingerprint density at radius 2 is 1.03 bits per heavy atom. The summed E-state index contributed by atoms with van der Waals surface area (Å²) in [6.07, 6.45) is 36.1. The van der Waals surface area contributed by atoms with Gasteiger partial charge in [-0.15, -0.1) is 0 Å². The smallest absolute Gasteiger partial charge is 0.306 e. The number of carbonyl (C=O) groups excluding carboxylic acids is 2. The number of hydrogen-bond acceptors (Lipinski definition) is 11. The molecule has 13 heteroatoms. The maximum Gasteiger partial charge on any atom is 0.306 e. The van der Waals surface area contributed by atoms with Gasteiger partial charge in [0.25, 0.3) is 10.1 Å². The van der Waals surface area contributed by atoms with Gasteiger partial charge in [0, 0.05) is 12.8 Å². The van der Waals surface area contributed by atoms with E-state index in [0.29, 0.717) is 19.3 Å². The van der Waals surface area contributed by atoms with E-state index in [1.807, 2.05) is 18.2 Å². The Morgan fingerprint density at radius 3 is 1.51 bits per heavy atom. The van der Waals surface area contributed by atoms with E-state index in [-0.39, 0.29) is 19.4 Å². The molecule has 0 spiro atoms. The first-order chi connectivity index (χ1) is 29.5. The van der Waals surface area contributed by atoms with Crippen molar-refractivity contribution in [2.75, 3.05) is 19.0 Å². The van der Waals surface area contributed by atoms with Crippen LogP contribution in [-0.2, 0) is 38.7 Å². The Labute approximate surface area is 369 Å². The van der Waals surface area contributed by atoms with Crippen LogP contribution in [0.15, 0.2) is 48.6 Å². The van der Waals surface area contributed by atoms with E-state index in [4.69, 9.17) is 18.9 Å². The monoisotopic (exact) mass is 885 g/mol. The molecule has 4 N–H and O–H groups in total. The molecular formula is C48H84O12S. The first kappa shape index (κ1) is 56.6. The molecule has 12 nitrogen and oxygen atoms in total. The summed E-state index contributed by atoms with van der Waals surface area (Å²) in [4.78, 5) is 25.4. The van der Waals surface area contributed by atoms with Crippen LogP contribution in [0.2, 0.25) is 0 Å². The third-order valence-electron chi connectivity index (χ3n) is 10.7. The van der Waals surface area contributed by atoms with E-state index in [2.05, 4.69) is 44.2 Å². The number of hydrogen-bond donors (Lipinski definition) is 4. The van der Waals surface area contributed by atoms with Crippen molar-refractivity contribution in [3.8, 4) is 0 Å². The molecule has 0 aromatic heterocycles. The number of allylic oxidation sites excluding steroid dienone is 8. The van der Waals surface area contributed by atoms with E-state index in [9.17, 15) is 37.9 Å². The van der Waals surface area contributed by atoms with Gasteiger partial charge < -0.3 is 34.3 Å². The van der Waals surface area contributed by atoms with Crippen molar-refractivity contribution in [1.82, 2.24) is 0 Å². The van der Waals surface area contributed by atoms with E-state index in [0.717, 1.165) is 38.5 Å². The quantitative estimate of drug-likeness (QED) is 0.0198. The van der Waals surface area contributed by atoms with Crippen molar-refractivity contribution in [2.45, 2.75) is 224 Å². The molecule has 1 fully saturated rings. The first-order valence-electron chi connectivity index (χ1n) is 23.7. The molecule has 0 aromatic rings. The summed E-state index contributed by atoms with van der Waals surface area (Å²) >= 11 is 0. The van der Waals surface area contributed by atoms with Crippen molar-refractivity contribution < 1.29 is 56.8 Å². The van der Waals surface area contributed by atoms with E-state index >= 15 is 0 Å². The van der Waals surface area contributed by atoms with Gasteiger partial charge in [-0.25, -0.2) is 0 Å². The second kappa shape index (κ2) is 38.1. The fourth-order valence-electron chi connectivity index (χ4n) is 7.04. The second-order valence-electron chi connectivity index (χ2n) is 16.4. The lowest BCUT2D eigenvalue weighted by Crippen LogP contribution is -2.60. The predicted octanol–water partition coefficient (Wildman–Crippen LogP) is 9.95. The number of aliphatic hydroxyl groups is 3. The fourth-order valence-corrected chi connectivity index (χ4v) is 7.73. The fraction of sp³-hybridized carbons (Fsp3) is 0.792. The van der Waals surface area contributed by atoms with E-state index in [1.54, 1.807) is 0 Å². The average molecular weight is 885 g/mol. The summed E-state index contributed by atoms with van der Waals surface area (Å²) in [7, 11) is -4.61. The molecule has 1 aliphatic heterocycles. The standard InChI is InChI=1S/C48H84O12S/c1-3-5-7-9-11-13-15-17-18-19-20-21-22-23-25-26-28-30-32-34-36-43(49)57-38-41(39-58-48-47(53)46(52)45(51)42(60-48)40-61(54,55)56)59-44(50)37-35-33-31-29-27-24-16-14-12-10-8-6-4-2/h6,8,12,14,24,27,31,33,41-42,45-48,51-53H,3-5,7,9-11,13,15-23,25-26,28-30,32,34-40H2,1-2H3,(H,54,55,56)/b8-6-,14-12-,27-24-,33-31-. The van der Waals surface area contributed by atoms with Crippen molar-refractivity contribution in [3.63, 3.8) is 0 Å². The highest BCUT2D eigenvalue weighted by Crippen LogP contribution is 2.24. The Kier molecular flexibility index (Phi) is 35.4. The maximum atomic E-state index is 12.8. The van der Waals surface area contributed by atoms with Gasteiger partial charge in [0.15, 0.2) is 12.4 Å². The number of rotatable bonds is 39. The minimum absolute atomic E-state index is 0.0436. The average Bonchev–Trinajstić information content (AvgIpc) is 3.22. The molecule has 0 radical (unpaired) electrons. The van der Waals surface area contributed by atoms with Gasteiger partial charge in [0.2, 0.25) is 0 Å². The second-order valence-corrected chi connectivity index (χ2v) is 17.9. The van der Waals surface area contributed by atoms with Crippen molar-refractivity contribution in [2.24, 2.45) is 0 Å². The van der Waals surface area contributed by atoms with Crippen LogP contribution >= 0.6 is 0 Å².